The molecule has 0 aliphatic rings. The Morgan fingerprint density at radius 3 is 2.73 bits per heavy atom. The van der Waals surface area contributed by atoms with E-state index in [9.17, 15) is 14.3 Å². The van der Waals surface area contributed by atoms with Crippen molar-refractivity contribution in [2.24, 2.45) is 0 Å². The van der Waals surface area contributed by atoms with Crippen LogP contribution in [0.2, 0.25) is 0 Å². The van der Waals surface area contributed by atoms with Crippen LogP contribution in [0.4, 0.5) is 4.39 Å². The molecule has 1 atom stereocenters. The van der Waals surface area contributed by atoms with E-state index in [1.165, 1.54) is 18.2 Å². The molecule has 0 spiro atoms. The average Bonchev–Trinajstić information content (AvgIpc) is 3.01. The average molecular weight is 354 g/mol. The molecule has 1 unspecified atom stereocenters. The van der Waals surface area contributed by atoms with E-state index in [-0.39, 0.29) is 18.9 Å². The number of oxazole rings is 1. The first-order valence-electron chi connectivity index (χ1n) is 8.25. The second kappa shape index (κ2) is 7.93. The van der Waals surface area contributed by atoms with Gasteiger partial charge in [0.1, 0.15) is 11.6 Å². The van der Waals surface area contributed by atoms with Gasteiger partial charge in [0.05, 0.1) is 18.2 Å². The number of hydrogen-bond donors (Lipinski definition) is 2. The Morgan fingerprint density at radius 1 is 1.23 bits per heavy atom. The van der Waals surface area contributed by atoms with Crippen molar-refractivity contribution in [3.8, 4) is 11.5 Å². The van der Waals surface area contributed by atoms with E-state index in [1.807, 2.05) is 30.3 Å². The second-order valence-electron chi connectivity index (χ2n) is 5.94. The Hall–Kier alpha value is -2.99. The fourth-order valence-electron chi connectivity index (χ4n) is 2.55. The number of aliphatic hydroxyl groups excluding tert-OH is 1. The van der Waals surface area contributed by atoms with E-state index in [2.05, 4.69) is 10.3 Å². The molecule has 1 aromatic heterocycles. The molecule has 3 rings (SSSR count). The van der Waals surface area contributed by atoms with E-state index < -0.39 is 11.9 Å². The molecule has 1 amide bonds. The molecule has 1 heterocycles. The van der Waals surface area contributed by atoms with Gasteiger partial charge in [0.15, 0.2) is 0 Å². The van der Waals surface area contributed by atoms with Crippen molar-refractivity contribution in [3.05, 3.63) is 77.4 Å². The summed E-state index contributed by atoms with van der Waals surface area (Å²) >= 11 is 0. The highest BCUT2D eigenvalue weighted by atomic mass is 19.1. The van der Waals surface area contributed by atoms with Crippen molar-refractivity contribution in [1.82, 2.24) is 10.3 Å². The van der Waals surface area contributed by atoms with Gasteiger partial charge in [0, 0.05) is 12.1 Å². The fourth-order valence-corrected chi connectivity index (χ4v) is 2.55. The van der Waals surface area contributed by atoms with Crippen molar-refractivity contribution in [2.45, 2.75) is 19.4 Å². The number of carbonyl (C=O) groups is 1. The third kappa shape index (κ3) is 4.34. The number of benzene rings is 2. The zero-order valence-electron chi connectivity index (χ0n) is 14.3. The molecule has 0 saturated heterocycles. The highest BCUT2D eigenvalue weighted by molar-refractivity contribution is 5.78. The summed E-state index contributed by atoms with van der Waals surface area (Å²) in [7, 11) is 0. The van der Waals surface area contributed by atoms with Gasteiger partial charge >= 0.3 is 0 Å². The molecule has 5 nitrogen and oxygen atoms in total. The molecule has 3 aromatic rings. The number of rotatable bonds is 6. The molecular formula is C20H19FN2O3. The maximum Gasteiger partial charge on any atom is 0.226 e. The lowest BCUT2D eigenvalue weighted by Gasteiger charge is -2.12. The standard InChI is InChI=1S/C20H19FN2O3/c1-13-17(23-20(26-13)14-6-3-2-4-7-14)11-19(25)22-12-18(24)15-8-5-9-16(21)10-15/h2-10,18,24H,11-12H2,1H3,(H,22,25). The number of carbonyl (C=O) groups excluding carboxylic acids is 1. The van der Waals surface area contributed by atoms with Crippen molar-refractivity contribution < 1.29 is 18.7 Å². The number of nitrogens with zero attached hydrogens (tertiary/aromatic N) is 1. The Bertz CT molecular complexity index is 893. The molecule has 134 valence electrons. The number of aromatic nitrogens is 1. The van der Waals surface area contributed by atoms with E-state index in [1.54, 1.807) is 13.0 Å². The van der Waals surface area contributed by atoms with Crippen LogP contribution >= 0.6 is 0 Å². The van der Waals surface area contributed by atoms with Crippen LogP contribution in [0.3, 0.4) is 0 Å². The van der Waals surface area contributed by atoms with Gasteiger partial charge in [-0.2, -0.15) is 0 Å². The van der Waals surface area contributed by atoms with E-state index >= 15 is 0 Å². The molecule has 0 saturated carbocycles. The quantitative estimate of drug-likeness (QED) is 0.713. The molecule has 0 fully saturated rings. The number of halogens is 1. The van der Waals surface area contributed by atoms with Crippen molar-refractivity contribution in [3.63, 3.8) is 0 Å². The monoisotopic (exact) mass is 354 g/mol. The summed E-state index contributed by atoms with van der Waals surface area (Å²) in [6.07, 6.45) is -0.939. The van der Waals surface area contributed by atoms with Crippen LogP contribution < -0.4 is 5.32 Å². The SMILES string of the molecule is Cc1oc(-c2ccccc2)nc1CC(=O)NCC(O)c1cccc(F)c1. The van der Waals surface area contributed by atoms with Crippen LogP contribution in [0, 0.1) is 12.7 Å². The van der Waals surface area contributed by atoms with E-state index in [0.29, 0.717) is 22.9 Å². The van der Waals surface area contributed by atoms with Crippen LogP contribution in [0.25, 0.3) is 11.5 Å². The highest BCUT2D eigenvalue weighted by Crippen LogP contribution is 2.21. The third-order valence-electron chi connectivity index (χ3n) is 3.97. The van der Waals surface area contributed by atoms with Crippen LogP contribution in [0.15, 0.2) is 59.0 Å². The van der Waals surface area contributed by atoms with E-state index in [4.69, 9.17) is 4.42 Å². The van der Waals surface area contributed by atoms with Gasteiger partial charge in [-0.05, 0) is 36.8 Å². The van der Waals surface area contributed by atoms with Gasteiger partial charge in [-0.3, -0.25) is 4.79 Å². The summed E-state index contributed by atoms with van der Waals surface area (Å²) in [5, 5.41) is 12.7. The maximum atomic E-state index is 13.2. The molecule has 2 aromatic carbocycles. The summed E-state index contributed by atoms with van der Waals surface area (Å²) < 4.78 is 18.8. The normalized spacial score (nSPS) is 12.0. The Kier molecular flexibility index (Phi) is 5.43. The summed E-state index contributed by atoms with van der Waals surface area (Å²) in [5.41, 5.74) is 1.79. The van der Waals surface area contributed by atoms with Crippen LogP contribution in [0.5, 0.6) is 0 Å². The van der Waals surface area contributed by atoms with E-state index in [0.717, 1.165) is 5.56 Å². The minimum Gasteiger partial charge on any atom is -0.441 e. The number of aryl methyl sites for hydroxylation is 1. The first kappa shape index (κ1) is 17.8. The molecule has 6 heteroatoms. The Morgan fingerprint density at radius 2 is 2.00 bits per heavy atom. The Balaban J connectivity index is 1.59. The highest BCUT2D eigenvalue weighted by Gasteiger charge is 2.16. The fraction of sp³-hybridized carbons (Fsp3) is 0.200. The largest absolute Gasteiger partial charge is 0.441 e. The van der Waals surface area contributed by atoms with Crippen LogP contribution in [-0.4, -0.2) is 22.5 Å². The predicted octanol–water partition coefficient (Wildman–Crippen LogP) is 3.18. The number of hydrogen-bond acceptors (Lipinski definition) is 4. The minimum atomic E-state index is -0.979. The zero-order chi connectivity index (χ0) is 18.5. The van der Waals surface area contributed by atoms with Crippen molar-refractivity contribution in [1.29, 1.82) is 0 Å². The van der Waals surface area contributed by atoms with Crippen LogP contribution in [-0.2, 0) is 11.2 Å². The molecule has 26 heavy (non-hydrogen) atoms. The summed E-state index contributed by atoms with van der Waals surface area (Å²) in [6.45, 7) is 1.74. The molecule has 0 radical (unpaired) electrons. The topological polar surface area (TPSA) is 75.4 Å². The molecule has 0 bridgehead atoms. The number of amides is 1. The summed E-state index contributed by atoms with van der Waals surface area (Å²) in [6, 6.07) is 15.1. The lowest BCUT2D eigenvalue weighted by molar-refractivity contribution is -0.121. The number of nitrogens with one attached hydrogen (secondary N) is 1. The van der Waals surface area contributed by atoms with Crippen molar-refractivity contribution >= 4 is 5.91 Å². The van der Waals surface area contributed by atoms with Gasteiger partial charge in [-0.25, -0.2) is 9.37 Å². The van der Waals surface area contributed by atoms with Gasteiger partial charge in [-0.1, -0.05) is 30.3 Å². The Labute approximate surface area is 150 Å². The zero-order valence-corrected chi connectivity index (χ0v) is 14.3. The first-order valence-corrected chi connectivity index (χ1v) is 8.25. The predicted molar refractivity (Wildman–Crippen MR) is 94.7 cm³/mol. The van der Waals surface area contributed by atoms with Crippen LogP contribution in [0.1, 0.15) is 23.1 Å². The summed E-state index contributed by atoms with van der Waals surface area (Å²) in [4.78, 5) is 16.5. The lowest BCUT2D eigenvalue weighted by atomic mass is 10.1. The molecular weight excluding hydrogens is 335 g/mol. The van der Waals surface area contributed by atoms with Crippen molar-refractivity contribution in [2.75, 3.05) is 6.54 Å². The van der Waals surface area contributed by atoms with Gasteiger partial charge < -0.3 is 14.8 Å². The van der Waals surface area contributed by atoms with Gasteiger partial charge in [0.2, 0.25) is 11.8 Å². The first-order chi connectivity index (χ1) is 12.5. The smallest absolute Gasteiger partial charge is 0.226 e. The maximum absolute atomic E-state index is 13.2. The van der Waals surface area contributed by atoms with Gasteiger partial charge in [0.25, 0.3) is 0 Å². The second-order valence-corrected chi connectivity index (χ2v) is 5.94. The molecule has 2 N–H and O–H groups in total. The summed E-state index contributed by atoms with van der Waals surface area (Å²) in [5.74, 6) is 0.311. The molecule has 0 aliphatic heterocycles. The number of aliphatic hydroxyl groups is 1. The molecule has 0 aliphatic carbocycles. The minimum absolute atomic E-state index is 0.00920. The lowest BCUT2D eigenvalue weighted by Crippen LogP contribution is -2.30. The van der Waals surface area contributed by atoms with Gasteiger partial charge in [-0.15, -0.1) is 0 Å². The third-order valence-corrected chi connectivity index (χ3v) is 3.97.